The largest absolute Gasteiger partial charge is 0.490 e. The van der Waals surface area contributed by atoms with Crippen LogP contribution in [0.3, 0.4) is 0 Å². The van der Waals surface area contributed by atoms with E-state index in [1.165, 1.54) is 0 Å². The lowest BCUT2D eigenvalue weighted by Crippen LogP contribution is -2.27. The van der Waals surface area contributed by atoms with Crippen LogP contribution in [0.5, 0.6) is 11.5 Å². The van der Waals surface area contributed by atoms with Crippen molar-refractivity contribution in [2.24, 2.45) is 0 Å². The maximum atomic E-state index is 12.4. The van der Waals surface area contributed by atoms with Gasteiger partial charge in [0.2, 0.25) is 0 Å². The zero-order chi connectivity index (χ0) is 17.5. The topological polar surface area (TPSA) is 47.6 Å². The summed E-state index contributed by atoms with van der Waals surface area (Å²) in [6.45, 7) is 6.94. The molecule has 0 fully saturated rings. The van der Waals surface area contributed by atoms with E-state index in [4.69, 9.17) is 9.47 Å². The molecule has 0 spiro atoms. The van der Waals surface area contributed by atoms with Crippen molar-refractivity contribution in [1.29, 1.82) is 0 Å². The highest BCUT2D eigenvalue weighted by Crippen LogP contribution is 2.31. The van der Waals surface area contributed by atoms with E-state index < -0.39 is 0 Å². The van der Waals surface area contributed by atoms with Crippen molar-refractivity contribution in [2.45, 2.75) is 26.8 Å². The summed E-state index contributed by atoms with van der Waals surface area (Å²) in [6, 6.07) is 12.9. The molecule has 2 aromatic rings. The Hall–Kier alpha value is -2.01. The van der Waals surface area contributed by atoms with E-state index in [-0.39, 0.29) is 11.9 Å². The van der Waals surface area contributed by atoms with Gasteiger partial charge in [-0.15, -0.1) is 0 Å². The molecular formula is C19H22BrNO3. The summed E-state index contributed by atoms with van der Waals surface area (Å²) in [5.41, 5.74) is 1.57. The molecule has 0 aromatic heterocycles. The van der Waals surface area contributed by atoms with E-state index in [1.54, 1.807) is 6.07 Å². The summed E-state index contributed by atoms with van der Waals surface area (Å²) in [5.74, 6) is 1.29. The van der Waals surface area contributed by atoms with E-state index in [0.717, 1.165) is 10.0 Å². The number of carbonyl (C=O) groups excluding carboxylic acids is 1. The number of benzene rings is 2. The van der Waals surface area contributed by atoms with Gasteiger partial charge in [-0.3, -0.25) is 4.79 Å². The van der Waals surface area contributed by atoms with Gasteiger partial charge in [-0.25, -0.2) is 0 Å². The van der Waals surface area contributed by atoms with E-state index in [0.29, 0.717) is 30.3 Å². The van der Waals surface area contributed by atoms with Crippen LogP contribution < -0.4 is 14.8 Å². The minimum absolute atomic E-state index is 0.123. The van der Waals surface area contributed by atoms with Crippen LogP contribution in [0.25, 0.3) is 0 Å². The van der Waals surface area contributed by atoms with Crippen LogP contribution in [-0.4, -0.2) is 19.1 Å². The molecule has 1 N–H and O–H groups in total. The first kappa shape index (κ1) is 18.3. The van der Waals surface area contributed by atoms with E-state index in [1.807, 2.05) is 57.2 Å². The summed E-state index contributed by atoms with van der Waals surface area (Å²) in [5, 5.41) is 3.01. The van der Waals surface area contributed by atoms with Crippen LogP contribution in [0, 0.1) is 0 Å². The Kier molecular flexibility index (Phi) is 6.67. The van der Waals surface area contributed by atoms with Crippen molar-refractivity contribution in [1.82, 2.24) is 5.32 Å². The highest BCUT2D eigenvalue weighted by atomic mass is 79.9. The second-order valence-corrected chi connectivity index (χ2v) is 6.10. The first-order valence-electron chi connectivity index (χ1n) is 8.01. The number of rotatable bonds is 7. The van der Waals surface area contributed by atoms with Gasteiger partial charge in [0.25, 0.3) is 5.91 Å². The van der Waals surface area contributed by atoms with Gasteiger partial charge in [0, 0.05) is 4.47 Å². The van der Waals surface area contributed by atoms with Gasteiger partial charge in [-0.2, -0.15) is 0 Å². The molecule has 0 aliphatic heterocycles. The third-order valence-corrected chi connectivity index (χ3v) is 4.23. The summed E-state index contributed by atoms with van der Waals surface area (Å²) in [6.07, 6.45) is 0. The van der Waals surface area contributed by atoms with E-state index >= 15 is 0 Å². The molecule has 1 amide bonds. The molecule has 128 valence electrons. The molecule has 0 unspecified atom stereocenters. The molecule has 0 heterocycles. The van der Waals surface area contributed by atoms with E-state index in [2.05, 4.69) is 21.2 Å². The summed E-state index contributed by atoms with van der Waals surface area (Å²) >= 11 is 3.40. The smallest absolute Gasteiger partial charge is 0.252 e. The monoisotopic (exact) mass is 391 g/mol. The van der Waals surface area contributed by atoms with Gasteiger partial charge in [0.15, 0.2) is 11.5 Å². The third-order valence-electron chi connectivity index (χ3n) is 3.53. The van der Waals surface area contributed by atoms with Crippen LogP contribution in [0.2, 0.25) is 0 Å². The Morgan fingerprint density at radius 1 is 1.08 bits per heavy atom. The van der Waals surface area contributed by atoms with E-state index in [9.17, 15) is 4.79 Å². The number of nitrogens with one attached hydrogen (secondary N) is 1. The molecule has 0 bridgehead atoms. The normalized spacial score (nSPS) is 11.7. The number of amides is 1. The average molecular weight is 392 g/mol. The molecule has 0 aliphatic rings. The van der Waals surface area contributed by atoms with Crippen molar-refractivity contribution in [3.63, 3.8) is 0 Å². The molecule has 0 saturated heterocycles. The number of ether oxygens (including phenoxy) is 2. The molecule has 24 heavy (non-hydrogen) atoms. The number of hydrogen-bond acceptors (Lipinski definition) is 3. The second-order valence-electron chi connectivity index (χ2n) is 5.25. The summed E-state index contributed by atoms with van der Waals surface area (Å²) < 4.78 is 12.0. The fraction of sp³-hybridized carbons (Fsp3) is 0.316. The Morgan fingerprint density at radius 3 is 2.42 bits per heavy atom. The van der Waals surface area contributed by atoms with Gasteiger partial charge in [0.1, 0.15) is 0 Å². The second kappa shape index (κ2) is 8.73. The lowest BCUT2D eigenvalue weighted by atomic mass is 10.1. The zero-order valence-corrected chi connectivity index (χ0v) is 15.7. The fourth-order valence-electron chi connectivity index (χ4n) is 2.34. The van der Waals surface area contributed by atoms with Crippen LogP contribution in [-0.2, 0) is 0 Å². The fourth-order valence-corrected chi connectivity index (χ4v) is 2.80. The molecule has 0 aliphatic carbocycles. The molecule has 0 saturated carbocycles. The highest BCUT2D eigenvalue weighted by Gasteiger charge is 2.15. The number of halogens is 1. The van der Waals surface area contributed by atoms with Crippen molar-refractivity contribution in [3.05, 3.63) is 58.1 Å². The third kappa shape index (κ3) is 4.51. The summed E-state index contributed by atoms with van der Waals surface area (Å²) in [7, 11) is 0. The van der Waals surface area contributed by atoms with Crippen molar-refractivity contribution in [3.8, 4) is 11.5 Å². The van der Waals surface area contributed by atoms with Gasteiger partial charge in [-0.05, 0) is 66.5 Å². The predicted molar refractivity (Wildman–Crippen MR) is 98.8 cm³/mol. The quantitative estimate of drug-likeness (QED) is 0.741. The Balaban J connectivity index is 2.17. The maximum absolute atomic E-state index is 12.4. The molecule has 2 aromatic carbocycles. The standard InChI is InChI=1S/C19H22BrNO3/c1-4-23-17-11-10-14(12-18(17)24-5-2)13(3)21-19(22)15-8-6-7-9-16(15)20/h6-13H,4-5H2,1-3H3,(H,21,22)/t13-/m1/s1. The average Bonchev–Trinajstić information content (AvgIpc) is 2.57. The van der Waals surface area contributed by atoms with Gasteiger partial charge < -0.3 is 14.8 Å². The van der Waals surface area contributed by atoms with Crippen LogP contribution in [0.15, 0.2) is 46.9 Å². The number of carbonyl (C=O) groups is 1. The van der Waals surface area contributed by atoms with Gasteiger partial charge in [0.05, 0.1) is 24.8 Å². The molecular weight excluding hydrogens is 370 g/mol. The maximum Gasteiger partial charge on any atom is 0.252 e. The van der Waals surface area contributed by atoms with Gasteiger partial charge in [-0.1, -0.05) is 18.2 Å². The zero-order valence-electron chi connectivity index (χ0n) is 14.1. The Morgan fingerprint density at radius 2 is 1.75 bits per heavy atom. The lowest BCUT2D eigenvalue weighted by Gasteiger charge is -2.18. The Bertz CT molecular complexity index is 703. The number of hydrogen-bond donors (Lipinski definition) is 1. The first-order valence-corrected chi connectivity index (χ1v) is 8.81. The van der Waals surface area contributed by atoms with Crippen molar-refractivity contribution < 1.29 is 14.3 Å². The Labute approximate surface area is 151 Å². The SMILES string of the molecule is CCOc1ccc([C@@H](C)NC(=O)c2ccccc2Br)cc1OCC. The van der Waals surface area contributed by atoms with Crippen molar-refractivity contribution >= 4 is 21.8 Å². The molecule has 0 radical (unpaired) electrons. The predicted octanol–water partition coefficient (Wildman–Crippen LogP) is 4.74. The lowest BCUT2D eigenvalue weighted by molar-refractivity contribution is 0.0939. The van der Waals surface area contributed by atoms with Gasteiger partial charge >= 0.3 is 0 Å². The highest BCUT2D eigenvalue weighted by molar-refractivity contribution is 9.10. The minimum atomic E-state index is -0.153. The summed E-state index contributed by atoms with van der Waals surface area (Å²) in [4.78, 5) is 12.4. The molecule has 2 rings (SSSR count). The molecule has 1 atom stereocenters. The van der Waals surface area contributed by atoms with Crippen LogP contribution >= 0.6 is 15.9 Å². The minimum Gasteiger partial charge on any atom is -0.490 e. The van der Waals surface area contributed by atoms with Crippen molar-refractivity contribution in [2.75, 3.05) is 13.2 Å². The first-order chi connectivity index (χ1) is 11.6. The molecule has 4 nitrogen and oxygen atoms in total. The van der Waals surface area contributed by atoms with Crippen LogP contribution in [0.1, 0.15) is 42.7 Å². The molecule has 5 heteroatoms. The van der Waals surface area contributed by atoms with Crippen LogP contribution in [0.4, 0.5) is 0 Å².